The summed E-state index contributed by atoms with van der Waals surface area (Å²) in [6.45, 7) is 4.46. The Morgan fingerprint density at radius 3 is 2.62 bits per heavy atom. The number of aliphatic carboxylic acids is 1. The maximum absolute atomic E-state index is 10.7. The van der Waals surface area contributed by atoms with E-state index in [2.05, 4.69) is 60.5 Å². The molecule has 4 nitrogen and oxygen atoms in total. The minimum absolute atomic E-state index is 0.00941. The number of aromatic nitrogens is 1. The number of fused-ring (bicyclic) bond motifs is 3. The summed E-state index contributed by atoms with van der Waals surface area (Å²) in [6, 6.07) is 16.6. The number of H-pyrrole nitrogens is 1. The van der Waals surface area contributed by atoms with Crippen molar-refractivity contribution < 1.29 is 9.90 Å². The first-order valence-corrected chi connectivity index (χ1v) is 8.81. The summed E-state index contributed by atoms with van der Waals surface area (Å²) in [5, 5.41) is 13.8. The maximum atomic E-state index is 10.7. The normalized spacial score (nSPS) is 18.9. The third-order valence-electron chi connectivity index (χ3n) is 4.98. The van der Waals surface area contributed by atoms with Gasteiger partial charge in [-0.15, -0.1) is 0 Å². The van der Waals surface area contributed by atoms with Crippen LogP contribution in [0.25, 0.3) is 17.0 Å². The number of para-hydroxylation sites is 1. The molecule has 1 aromatic heterocycles. The van der Waals surface area contributed by atoms with Gasteiger partial charge >= 0.3 is 5.97 Å². The Morgan fingerprint density at radius 2 is 1.88 bits per heavy atom. The van der Waals surface area contributed by atoms with E-state index in [1.165, 1.54) is 22.2 Å². The molecule has 0 aliphatic carbocycles. The van der Waals surface area contributed by atoms with Gasteiger partial charge in [-0.3, -0.25) is 5.32 Å². The number of carboxylic acids is 1. The highest BCUT2D eigenvalue weighted by molar-refractivity contribution is 5.86. The summed E-state index contributed by atoms with van der Waals surface area (Å²) in [4.78, 5) is 14.3. The van der Waals surface area contributed by atoms with Crippen LogP contribution in [0.1, 0.15) is 42.3 Å². The van der Waals surface area contributed by atoms with E-state index in [0.717, 1.165) is 23.6 Å². The lowest BCUT2D eigenvalue weighted by molar-refractivity contribution is -0.131. The summed E-state index contributed by atoms with van der Waals surface area (Å²) in [7, 11) is 0. The molecule has 2 heterocycles. The van der Waals surface area contributed by atoms with Gasteiger partial charge in [0.15, 0.2) is 0 Å². The van der Waals surface area contributed by atoms with Crippen LogP contribution in [0.15, 0.2) is 54.6 Å². The first kappa shape index (κ1) is 16.6. The number of hydrogen-bond acceptors (Lipinski definition) is 2. The average Bonchev–Trinajstić information content (AvgIpc) is 2.97. The SMILES string of the molecule is CC1(C)Cc2c([nH]c3ccccc23)C(c2ccc(/C=C/C(=O)O)cc2)N1. The molecule has 26 heavy (non-hydrogen) atoms. The highest BCUT2D eigenvalue weighted by atomic mass is 16.4. The zero-order valence-electron chi connectivity index (χ0n) is 14.9. The minimum atomic E-state index is -0.938. The van der Waals surface area contributed by atoms with Crippen molar-refractivity contribution in [3.05, 3.63) is 77.0 Å². The van der Waals surface area contributed by atoms with E-state index in [1.807, 2.05) is 12.1 Å². The first-order valence-electron chi connectivity index (χ1n) is 8.81. The van der Waals surface area contributed by atoms with Crippen LogP contribution in [0.2, 0.25) is 0 Å². The monoisotopic (exact) mass is 346 g/mol. The first-order chi connectivity index (χ1) is 12.4. The number of carboxylic acid groups (broad SMARTS) is 1. The Bertz CT molecular complexity index is 997. The molecule has 0 fully saturated rings. The lowest BCUT2D eigenvalue weighted by Gasteiger charge is -2.37. The number of nitrogens with one attached hydrogen (secondary N) is 2. The van der Waals surface area contributed by atoms with E-state index < -0.39 is 5.97 Å². The second kappa shape index (κ2) is 6.15. The van der Waals surface area contributed by atoms with Crippen LogP contribution in [0.3, 0.4) is 0 Å². The smallest absolute Gasteiger partial charge is 0.328 e. The van der Waals surface area contributed by atoms with E-state index in [9.17, 15) is 4.79 Å². The van der Waals surface area contributed by atoms with Crippen molar-refractivity contribution in [2.75, 3.05) is 0 Å². The Morgan fingerprint density at radius 1 is 1.15 bits per heavy atom. The Labute approximate surface area is 152 Å². The van der Waals surface area contributed by atoms with Crippen LogP contribution >= 0.6 is 0 Å². The molecule has 4 rings (SSSR count). The van der Waals surface area contributed by atoms with Crippen molar-refractivity contribution in [1.82, 2.24) is 10.3 Å². The highest BCUT2D eigenvalue weighted by Gasteiger charge is 2.34. The zero-order chi connectivity index (χ0) is 18.3. The van der Waals surface area contributed by atoms with Crippen LogP contribution in [-0.4, -0.2) is 21.6 Å². The van der Waals surface area contributed by atoms with Gasteiger partial charge < -0.3 is 10.1 Å². The third-order valence-corrected chi connectivity index (χ3v) is 4.98. The van der Waals surface area contributed by atoms with Crippen molar-refractivity contribution in [1.29, 1.82) is 0 Å². The van der Waals surface area contributed by atoms with Gasteiger partial charge in [-0.05, 0) is 49.1 Å². The largest absolute Gasteiger partial charge is 0.478 e. The fraction of sp³-hybridized carbons (Fsp3) is 0.227. The molecule has 1 aliphatic rings. The molecule has 4 heteroatoms. The molecule has 3 N–H and O–H groups in total. The second-order valence-corrected chi connectivity index (χ2v) is 7.54. The topological polar surface area (TPSA) is 65.1 Å². The van der Waals surface area contributed by atoms with E-state index in [-0.39, 0.29) is 11.6 Å². The molecule has 0 bridgehead atoms. The Hall–Kier alpha value is -2.85. The summed E-state index contributed by atoms with van der Waals surface area (Å²) in [5.41, 5.74) is 5.80. The van der Waals surface area contributed by atoms with Gasteiger partial charge in [0, 0.05) is 28.2 Å². The molecule has 132 valence electrons. The maximum Gasteiger partial charge on any atom is 0.328 e. The van der Waals surface area contributed by atoms with Crippen LogP contribution in [0, 0.1) is 0 Å². The van der Waals surface area contributed by atoms with E-state index >= 15 is 0 Å². The molecular formula is C22H22N2O2. The quantitative estimate of drug-likeness (QED) is 0.620. The summed E-state index contributed by atoms with van der Waals surface area (Å²) >= 11 is 0. The average molecular weight is 346 g/mol. The van der Waals surface area contributed by atoms with Crippen LogP contribution in [0.5, 0.6) is 0 Å². The number of benzene rings is 2. The molecule has 0 amide bonds. The van der Waals surface area contributed by atoms with E-state index in [0.29, 0.717) is 0 Å². The van der Waals surface area contributed by atoms with Crippen LogP contribution in [-0.2, 0) is 11.2 Å². The van der Waals surface area contributed by atoms with Crippen molar-refractivity contribution in [3.63, 3.8) is 0 Å². The fourth-order valence-electron chi connectivity index (χ4n) is 3.83. The van der Waals surface area contributed by atoms with Crippen molar-refractivity contribution in [2.45, 2.75) is 31.8 Å². The van der Waals surface area contributed by atoms with E-state index in [4.69, 9.17) is 5.11 Å². The molecule has 0 radical (unpaired) electrons. The molecule has 1 unspecified atom stereocenters. The summed E-state index contributed by atoms with van der Waals surface area (Å²) < 4.78 is 0. The van der Waals surface area contributed by atoms with Gasteiger partial charge in [-0.2, -0.15) is 0 Å². The van der Waals surface area contributed by atoms with Gasteiger partial charge in [0.05, 0.1) is 6.04 Å². The molecule has 0 saturated carbocycles. The fourth-order valence-corrected chi connectivity index (χ4v) is 3.83. The lowest BCUT2D eigenvalue weighted by Crippen LogP contribution is -2.47. The van der Waals surface area contributed by atoms with Crippen molar-refractivity contribution >= 4 is 22.9 Å². The van der Waals surface area contributed by atoms with Gasteiger partial charge in [-0.25, -0.2) is 4.79 Å². The summed E-state index contributed by atoms with van der Waals surface area (Å²) in [6.07, 6.45) is 3.74. The molecule has 1 aliphatic heterocycles. The number of hydrogen-bond donors (Lipinski definition) is 3. The van der Waals surface area contributed by atoms with Crippen LogP contribution < -0.4 is 5.32 Å². The Balaban J connectivity index is 1.76. The van der Waals surface area contributed by atoms with Gasteiger partial charge in [0.25, 0.3) is 0 Å². The molecule has 0 spiro atoms. The highest BCUT2D eigenvalue weighted by Crippen LogP contribution is 2.38. The van der Waals surface area contributed by atoms with Crippen molar-refractivity contribution in [2.24, 2.45) is 0 Å². The number of carbonyl (C=O) groups is 1. The van der Waals surface area contributed by atoms with Gasteiger partial charge in [0.2, 0.25) is 0 Å². The molecule has 1 atom stereocenters. The second-order valence-electron chi connectivity index (χ2n) is 7.54. The Kier molecular flexibility index (Phi) is 3.93. The molecule has 0 saturated heterocycles. The lowest BCUT2D eigenvalue weighted by atomic mass is 9.84. The zero-order valence-corrected chi connectivity index (χ0v) is 14.9. The third kappa shape index (κ3) is 3.04. The predicted molar refractivity (Wildman–Crippen MR) is 104 cm³/mol. The van der Waals surface area contributed by atoms with E-state index in [1.54, 1.807) is 6.08 Å². The summed E-state index contributed by atoms with van der Waals surface area (Å²) in [5.74, 6) is -0.938. The van der Waals surface area contributed by atoms with Gasteiger partial charge in [0.1, 0.15) is 0 Å². The molecule has 2 aromatic carbocycles. The minimum Gasteiger partial charge on any atom is -0.478 e. The van der Waals surface area contributed by atoms with Crippen molar-refractivity contribution in [3.8, 4) is 0 Å². The number of rotatable bonds is 3. The molecule has 3 aromatic rings. The number of aromatic amines is 1. The van der Waals surface area contributed by atoms with Crippen LogP contribution in [0.4, 0.5) is 0 Å². The predicted octanol–water partition coefficient (Wildman–Crippen LogP) is 4.28. The standard InChI is InChI=1S/C22H22N2O2/c1-22(2)13-17-16-5-3-4-6-18(16)23-21(17)20(24-22)15-10-7-14(8-11-15)9-12-19(25)26/h3-12,20,23-24H,13H2,1-2H3,(H,25,26)/b12-9+. The van der Waals surface area contributed by atoms with Gasteiger partial charge in [-0.1, -0.05) is 42.5 Å². The molecular weight excluding hydrogens is 324 g/mol.